The van der Waals surface area contributed by atoms with E-state index in [1.165, 1.54) is 0 Å². The number of nitrogens with two attached hydrogens (primary N) is 1. The molecule has 2 N–H and O–H groups in total. The van der Waals surface area contributed by atoms with Crippen molar-refractivity contribution in [3.63, 3.8) is 0 Å². The molecule has 1 aromatic rings. The Hall–Kier alpha value is -1.36. The minimum atomic E-state index is 0.453. The van der Waals surface area contributed by atoms with Crippen molar-refractivity contribution in [3.8, 4) is 5.88 Å². The molecule has 1 aliphatic heterocycles. The minimum absolute atomic E-state index is 0.453. The first kappa shape index (κ1) is 11.1. The number of aryl methyl sites for hydroxylation is 1. The van der Waals surface area contributed by atoms with Gasteiger partial charge in [0.15, 0.2) is 0 Å². The van der Waals surface area contributed by atoms with Crippen LogP contribution in [0.4, 0.5) is 5.82 Å². The molecule has 0 amide bonds. The largest absolute Gasteiger partial charge is 0.477 e. The summed E-state index contributed by atoms with van der Waals surface area (Å²) in [6.07, 6.45) is 2.11. The van der Waals surface area contributed by atoms with Crippen LogP contribution < -0.4 is 10.5 Å². The predicted molar refractivity (Wildman–Crippen MR) is 60.2 cm³/mol. The maximum Gasteiger partial charge on any atom is 0.218 e. The van der Waals surface area contributed by atoms with Crippen LogP contribution in [0.25, 0.3) is 0 Å². The van der Waals surface area contributed by atoms with E-state index in [2.05, 4.69) is 9.97 Å². The Morgan fingerprint density at radius 2 is 2.19 bits per heavy atom. The van der Waals surface area contributed by atoms with Crippen molar-refractivity contribution < 1.29 is 9.47 Å². The van der Waals surface area contributed by atoms with Crippen molar-refractivity contribution in [2.24, 2.45) is 5.92 Å². The smallest absolute Gasteiger partial charge is 0.218 e. The van der Waals surface area contributed by atoms with Gasteiger partial charge < -0.3 is 15.2 Å². The molecule has 1 fully saturated rings. The SMILES string of the molecule is Cc1nc(N)cc(OCC2CCOCC2)n1. The van der Waals surface area contributed by atoms with Crippen molar-refractivity contribution in [3.05, 3.63) is 11.9 Å². The number of aromatic nitrogens is 2. The second kappa shape index (κ2) is 5.12. The van der Waals surface area contributed by atoms with Gasteiger partial charge in [-0.15, -0.1) is 0 Å². The lowest BCUT2D eigenvalue weighted by Crippen LogP contribution is -2.21. The van der Waals surface area contributed by atoms with Gasteiger partial charge in [0, 0.05) is 19.3 Å². The van der Waals surface area contributed by atoms with E-state index in [4.69, 9.17) is 15.2 Å². The summed E-state index contributed by atoms with van der Waals surface area (Å²) >= 11 is 0. The molecule has 1 aliphatic rings. The number of nitrogens with zero attached hydrogens (tertiary/aromatic N) is 2. The van der Waals surface area contributed by atoms with E-state index in [9.17, 15) is 0 Å². The van der Waals surface area contributed by atoms with Gasteiger partial charge in [0.25, 0.3) is 0 Å². The lowest BCUT2D eigenvalue weighted by atomic mass is 10.0. The van der Waals surface area contributed by atoms with Crippen molar-refractivity contribution in [1.29, 1.82) is 0 Å². The van der Waals surface area contributed by atoms with Crippen LogP contribution in [0.1, 0.15) is 18.7 Å². The number of nitrogen functional groups attached to an aromatic ring is 1. The molecule has 2 rings (SSSR count). The van der Waals surface area contributed by atoms with Gasteiger partial charge in [-0.25, -0.2) is 4.98 Å². The molecule has 88 valence electrons. The molecule has 1 aromatic heterocycles. The average Bonchev–Trinajstić information content (AvgIpc) is 2.27. The molecule has 0 unspecified atom stereocenters. The molecular weight excluding hydrogens is 206 g/mol. The Labute approximate surface area is 95.0 Å². The third-order valence-corrected chi connectivity index (χ3v) is 2.64. The molecular formula is C11H17N3O2. The maximum atomic E-state index is 5.62. The number of hydrogen-bond acceptors (Lipinski definition) is 5. The number of hydrogen-bond donors (Lipinski definition) is 1. The van der Waals surface area contributed by atoms with Gasteiger partial charge in [0.2, 0.25) is 5.88 Å². The normalized spacial score (nSPS) is 17.3. The molecule has 5 nitrogen and oxygen atoms in total. The van der Waals surface area contributed by atoms with Crippen LogP contribution in [-0.2, 0) is 4.74 Å². The second-order valence-corrected chi connectivity index (χ2v) is 4.05. The fourth-order valence-electron chi connectivity index (χ4n) is 1.75. The highest BCUT2D eigenvalue weighted by Crippen LogP contribution is 2.17. The fraction of sp³-hybridized carbons (Fsp3) is 0.636. The van der Waals surface area contributed by atoms with Crippen molar-refractivity contribution >= 4 is 5.82 Å². The van der Waals surface area contributed by atoms with Crippen LogP contribution in [0.3, 0.4) is 0 Å². The van der Waals surface area contributed by atoms with Gasteiger partial charge in [0.1, 0.15) is 11.6 Å². The molecule has 5 heteroatoms. The molecule has 0 saturated carbocycles. The summed E-state index contributed by atoms with van der Waals surface area (Å²) in [6.45, 7) is 4.15. The summed E-state index contributed by atoms with van der Waals surface area (Å²) < 4.78 is 10.9. The third-order valence-electron chi connectivity index (χ3n) is 2.64. The van der Waals surface area contributed by atoms with Gasteiger partial charge in [-0.2, -0.15) is 4.98 Å². The fourth-order valence-corrected chi connectivity index (χ4v) is 1.75. The number of ether oxygens (including phenoxy) is 2. The monoisotopic (exact) mass is 223 g/mol. The third kappa shape index (κ3) is 3.06. The lowest BCUT2D eigenvalue weighted by molar-refractivity contribution is 0.0490. The van der Waals surface area contributed by atoms with Crippen molar-refractivity contribution in [1.82, 2.24) is 9.97 Å². The zero-order valence-corrected chi connectivity index (χ0v) is 9.48. The van der Waals surface area contributed by atoms with Crippen LogP contribution in [0.5, 0.6) is 5.88 Å². The van der Waals surface area contributed by atoms with E-state index in [1.807, 2.05) is 0 Å². The molecule has 0 aliphatic carbocycles. The van der Waals surface area contributed by atoms with Gasteiger partial charge in [-0.3, -0.25) is 0 Å². The van der Waals surface area contributed by atoms with E-state index in [0.717, 1.165) is 26.1 Å². The van der Waals surface area contributed by atoms with Gasteiger partial charge in [0.05, 0.1) is 6.61 Å². The Kier molecular flexibility index (Phi) is 3.56. The molecule has 2 heterocycles. The topological polar surface area (TPSA) is 70.3 Å². The standard InChI is InChI=1S/C11H17N3O2/c1-8-13-10(12)6-11(14-8)16-7-9-2-4-15-5-3-9/h6,9H,2-5,7H2,1H3,(H2,12,13,14). The van der Waals surface area contributed by atoms with Crippen LogP contribution >= 0.6 is 0 Å². The quantitative estimate of drug-likeness (QED) is 0.833. The van der Waals surface area contributed by atoms with Gasteiger partial charge in [-0.1, -0.05) is 0 Å². The van der Waals surface area contributed by atoms with E-state index in [-0.39, 0.29) is 0 Å². The molecule has 0 aromatic carbocycles. The Morgan fingerprint density at radius 3 is 2.88 bits per heavy atom. The minimum Gasteiger partial charge on any atom is -0.477 e. The molecule has 0 atom stereocenters. The first-order valence-corrected chi connectivity index (χ1v) is 5.56. The highest BCUT2D eigenvalue weighted by molar-refractivity contribution is 5.32. The predicted octanol–water partition coefficient (Wildman–Crippen LogP) is 1.17. The van der Waals surface area contributed by atoms with Crippen LogP contribution in [0, 0.1) is 12.8 Å². The first-order chi connectivity index (χ1) is 7.74. The zero-order chi connectivity index (χ0) is 11.4. The highest BCUT2D eigenvalue weighted by atomic mass is 16.5. The van der Waals surface area contributed by atoms with Crippen molar-refractivity contribution in [2.75, 3.05) is 25.6 Å². The highest BCUT2D eigenvalue weighted by Gasteiger charge is 2.14. The van der Waals surface area contributed by atoms with Crippen LogP contribution in [0.15, 0.2) is 6.07 Å². The molecule has 0 spiro atoms. The second-order valence-electron chi connectivity index (χ2n) is 4.05. The summed E-state index contributed by atoms with van der Waals surface area (Å²) in [5.41, 5.74) is 5.62. The van der Waals surface area contributed by atoms with Gasteiger partial charge >= 0.3 is 0 Å². The van der Waals surface area contributed by atoms with Crippen molar-refractivity contribution in [2.45, 2.75) is 19.8 Å². The summed E-state index contributed by atoms with van der Waals surface area (Å²) in [7, 11) is 0. The molecule has 1 saturated heterocycles. The van der Waals surface area contributed by atoms with E-state index in [0.29, 0.717) is 30.0 Å². The van der Waals surface area contributed by atoms with E-state index in [1.54, 1.807) is 13.0 Å². The Bertz CT molecular complexity index is 331. The zero-order valence-electron chi connectivity index (χ0n) is 9.48. The first-order valence-electron chi connectivity index (χ1n) is 5.56. The molecule has 0 bridgehead atoms. The number of anilines is 1. The summed E-state index contributed by atoms with van der Waals surface area (Å²) in [5.74, 6) is 2.22. The summed E-state index contributed by atoms with van der Waals surface area (Å²) in [6, 6.07) is 1.66. The van der Waals surface area contributed by atoms with Crippen LogP contribution in [-0.4, -0.2) is 29.8 Å². The lowest BCUT2D eigenvalue weighted by Gasteiger charge is -2.21. The molecule has 16 heavy (non-hydrogen) atoms. The Morgan fingerprint density at radius 1 is 1.44 bits per heavy atom. The van der Waals surface area contributed by atoms with E-state index < -0.39 is 0 Å². The summed E-state index contributed by atoms with van der Waals surface area (Å²) in [4.78, 5) is 8.17. The van der Waals surface area contributed by atoms with E-state index >= 15 is 0 Å². The van der Waals surface area contributed by atoms with Gasteiger partial charge in [-0.05, 0) is 25.7 Å². The average molecular weight is 223 g/mol. The molecule has 0 radical (unpaired) electrons. The van der Waals surface area contributed by atoms with Crippen LogP contribution in [0.2, 0.25) is 0 Å². The maximum absolute atomic E-state index is 5.62. The Balaban J connectivity index is 1.88. The number of rotatable bonds is 3. The summed E-state index contributed by atoms with van der Waals surface area (Å²) in [5, 5.41) is 0.